The molecule has 0 saturated heterocycles. The van der Waals surface area contributed by atoms with Gasteiger partial charge in [0.05, 0.1) is 23.2 Å². The minimum atomic E-state index is -3.73. The van der Waals surface area contributed by atoms with Crippen molar-refractivity contribution in [1.82, 2.24) is 4.98 Å². The van der Waals surface area contributed by atoms with E-state index in [2.05, 4.69) is 9.98 Å². The predicted molar refractivity (Wildman–Crippen MR) is 90.4 cm³/mol. The molecule has 0 spiro atoms. The second-order valence-corrected chi connectivity index (χ2v) is 6.92. The molecule has 1 atom stereocenters. The van der Waals surface area contributed by atoms with E-state index in [0.29, 0.717) is 16.8 Å². The SMILES string of the molecule is Cc1ncc(CO)c(C=N[C@@H](C)c2ccc(S(N)(=O)=O)cc2)c1O. The molecule has 2 aromatic rings. The Balaban J connectivity index is 2.28. The lowest BCUT2D eigenvalue weighted by molar-refractivity contribution is 0.280. The number of hydrogen-bond donors (Lipinski definition) is 3. The molecule has 24 heavy (non-hydrogen) atoms. The maximum Gasteiger partial charge on any atom is 0.238 e. The van der Waals surface area contributed by atoms with E-state index in [0.717, 1.165) is 5.56 Å². The van der Waals surface area contributed by atoms with Crippen LogP contribution < -0.4 is 5.14 Å². The van der Waals surface area contributed by atoms with Gasteiger partial charge in [-0.05, 0) is 31.5 Å². The number of rotatable bonds is 5. The number of pyridine rings is 1. The Kier molecular flexibility index (Phi) is 5.33. The van der Waals surface area contributed by atoms with E-state index < -0.39 is 10.0 Å². The Hall–Kier alpha value is -2.29. The normalized spacial score (nSPS) is 13.3. The molecule has 7 nitrogen and oxygen atoms in total. The molecule has 2 rings (SSSR count). The van der Waals surface area contributed by atoms with E-state index in [-0.39, 0.29) is 23.3 Å². The topological polar surface area (TPSA) is 126 Å². The van der Waals surface area contributed by atoms with Gasteiger partial charge in [0.2, 0.25) is 10.0 Å². The highest BCUT2D eigenvalue weighted by molar-refractivity contribution is 7.89. The third kappa shape index (κ3) is 3.97. The van der Waals surface area contributed by atoms with E-state index in [4.69, 9.17) is 5.14 Å². The van der Waals surface area contributed by atoms with Crippen molar-refractivity contribution in [2.45, 2.75) is 31.4 Å². The van der Waals surface area contributed by atoms with Crippen molar-refractivity contribution in [3.63, 3.8) is 0 Å². The summed E-state index contributed by atoms with van der Waals surface area (Å²) >= 11 is 0. The van der Waals surface area contributed by atoms with Crippen molar-refractivity contribution in [3.8, 4) is 5.75 Å². The molecule has 4 N–H and O–H groups in total. The summed E-state index contributed by atoms with van der Waals surface area (Å²) in [6, 6.07) is 5.82. The fraction of sp³-hybridized carbons (Fsp3) is 0.250. The molecular weight excluding hydrogens is 330 g/mol. The van der Waals surface area contributed by atoms with Crippen LogP contribution in [-0.4, -0.2) is 29.8 Å². The van der Waals surface area contributed by atoms with Crippen LogP contribution in [0.1, 0.15) is 35.3 Å². The second kappa shape index (κ2) is 7.08. The fourth-order valence-corrected chi connectivity index (χ4v) is 2.65. The summed E-state index contributed by atoms with van der Waals surface area (Å²) in [5, 5.41) is 24.5. The van der Waals surface area contributed by atoms with Gasteiger partial charge in [-0.15, -0.1) is 0 Å². The summed E-state index contributed by atoms with van der Waals surface area (Å²) in [5.74, 6) is -0.0259. The number of aromatic nitrogens is 1. The van der Waals surface area contributed by atoms with Crippen LogP contribution in [0.25, 0.3) is 0 Å². The maximum atomic E-state index is 11.3. The Morgan fingerprint density at radius 1 is 1.33 bits per heavy atom. The van der Waals surface area contributed by atoms with Gasteiger partial charge in [-0.1, -0.05) is 12.1 Å². The van der Waals surface area contributed by atoms with Gasteiger partial charge in [-0.3, -0.25) is 9.98 Å². The first-order valence-electron chi connectivity index (χ1n) is 7.18. The highest BCUT2D eigenvalue weighted by atomic mass is 32.2. The van der Waals surface area contributed by atoms with Crippen LogP contribution in [0, 0.1) is 6.92 Å². The molecule has 0 amide bonds. The number of primary sulfonamides is 1. The number of aromatic hydroxyl groups is 1. The summed E-state index contributed by atoms with van der Waals surface area (Å²) in [4.78, 5) is 8.38. The average Bonchev–Trinajstić information content (AvgIpc) is 2.55. The van der Waals surface area contributed by atoms with Gasteiger partial charge in [-0.25, -0.2) is 13.6 Å². The lowest BCUT2D eigenvalue weighted by atomic mass is 10.1. The number of aryl methyl sites for hydroxylation is 1. The number of benzene rings is 1. The zero-order valence-electron chi connectivity index (χ0n) is 13.3. The molecule has 1 aromatic carbocycles. The van der Waals surface area contributed by atoms with Gasteiger partial charge < -0.3 is 10.2 Å². The van der Waals surface area contributed by atoms with Crippen LogP contribution in [0.3, 0.4) is 0 Å². The zero-order chi connectivity index (χ0) is 17.9. The molecular formula is C16H19N3O4S. The summed E-state index contributed by atoms with van der Waals surface area (Å²) in [6.45, 7) is 3.22. The number of nitrogens with two attached hydrogens (primary N) is 1. The standard InChI is InChI=1S/C16H19N3O4S/c1-10(12-3-5-14(6-4-12)24(17,22)23)19-8-15-13(9-20)7-18-11(2)16(15)21/h3-8,10,20-21H,9H2,1-2H3,(H2,17,22,23)/t10-/m0/s1. The zero-order valence-corrected chi connectivity index (χ0v) is 14.2. The number of aliphatic hydroxyl groups is 1. The smallest absolute Gasteiger partial charge is 0.238 e. The first-order valence-corrected chi connectivity index (χ1v) is 8.73. The number of aliphatic imine (C=N–C) groups is 1. The van der Waals surface area contributed by atoms with E-state index in [9.17, 15) is 18.6 Å². The van der Waals surface area contributed by atoms with Crippen LogP contribution in [0.15, 0.2) is 40.4 Å². The first kappa shape index (κ1) is 18.1. The van der Waals surface area contributed by atoms with Crippen molar-refractivity contribution < 1.29 is 18.6 Å². The molecule has 0 radical (unpaired) electrons. The van der Waals surface area contributed by atoms with E-state index in [1.165, 1.54) is 24.5 Å². The van der Waals surface area contributed by atoms with Crippen LogP contribution in [0.5, 0.6) is 5.75 Å². The summed E-state index contributed by atoms with van der Waals surface area (Å²) in [7, 11) is -3.73. The minimum absolute atomic E-state index is 0.0259. The lowest BCUT2D eigenvalue weighted by Gasteiger charge is -2.10. The van der Waals surface area contributed by atoms with Gasteiger partial charge in [0.1, 0.15) is 5.75 Å². The van der Waals surface area contributed by atoms with Crippen molar-refractivity contribution in [2.75, 3.05) is 0 Å². The molecule has 0 aliphatic carbocycles. The average molecular weight is 349 g/mol. The highest BCUT2D eigenvalue weighted by Crippen LogP contribution is 2.24. The van der Waals surface area contributed by atoms with E-state index in [1.807, 2.05) is 6.92 Å². The largest absolute Gasteiger partial charge is 0.505 e. The quantitative estimate of drug-likeness (QED) is 0.704. The van der Waals surface area contributed by atoms with Gasteiger partial charge in [-0.2, -0.15) is 0 Å². The predicted octanol–water partition coefficient (Wildman–Crippen LogP) is 1.42. The van der Waals surface area contributed by atoms with Crippen LogP contribution in [0.2, 0.25) is 0 Å². The molecule has 0 bridgehead atoms. The van der Waals surface area contributed by atoms with Crippen LogP contribution in [-0.2, 0) is 16.6 Å². The summed E-state index contributed by atoms with van der Waals surface area (Å²) in [5.41, 5.74) is 2.12. The number of nitrogens with zero attached hydrogens (tertiary/aromatic N) is 2. The maximum absolute atomic E-state index is 11.3. The highest BCUT2D eigenvalue weighted by Gasteiger charge is 2.11. The Labute approximate surface area is 140 Å². The van der Waals surface area contributed by atoms with Crippen LogP contribution in [0.4, 0.5) is 0 Å². The molecule has 0 fully saturated rings. The van der Waals surface area contributed by atoms with Crippen LogP contribution >= 0.6 is 0 Å². The van der Waals surface area contributed by atoms with Crippen molar-refractivity contribution >= 4 is 16.2 Å². The number of hydrogen-bond acceptors (Lipinski definition) is 6. The molecule has 0 aliphatic heterocycles. The first-order chi connectivity index (χ1) is 11.2. The van der Waals surface area contributed by atoms with Gasteiger partial charge in [0, 0.05) is 23.5 Å². The third-order valence-corrected chi connectivity index (χ3v) is 4.58. The molecule has 0 saturated carbocycles. The summed E-state index contributed by atoms with van der Waals surface area (Å²) in [6.07, 6.45) is 2.97. The van der Waals surface area contributed by atoms with E-state index >= 15 is 0 Å². The van der Waals surface area contributed by atoms with Gasteiger partial charge >= 0.3 is 0 Å². The number of sulfonamides is 1. The molecule has 0 unspecified atom stereocenters. The third-order valence-electron chi connectivity index (χ3n) is 3.65. The Morgan fingerprint density at radius 3 is 2.50 bits per heavy atom. The van der Waals surface area contributed by atoms with Crippen molar-refractivity contribution in [2.24, 2.45) is 10.1 Å². The monoisotopic (exact) mass is 349 g/mol. The molecule has 0 aliphatic rings. The minimum Gasteiger partial charge on any atom is -0.505 e. The van der Waals surface area contributed by atoms with Crippen molar-refractivity contribution in [1.29, 1.82) is 0 Å². The van der Waals surface area contributed by atoms with Gasteiger partial charge in [0.15, 0.2) is 0 Å². The fourth-order valence-electron chi connectivity index (χ4n) is 2.13. The van der Waals surface area contributed by atoms with E-state index in [1.54, 1.807) is 19.1 Å². The molecule has 8 heteroatoms. The molecule has 128 valence electrons. The number of aliphatic hydroxyl groups excluding tert-OH is 1. The van der Waals surface area contributed by atoms with Crippen molar-refractivity contribution in [3.05, 3.63) is 52.8 Å². The Bertz CT molecular complexity index is 862. The Morgan fingerprint density at radius 2 is 1.96 bits per heavy atom. The summed E-state index contributed by atoms with van der Waals surface area (Å²) < 4.78 is 22.5. The molecule has 1 heterocycles. The van der Waals surface area contributed by atoms with Gasteiger partial charge in [0.25, 0.3) is 0 Å². The molecule has 1 aromatic heterocycles. The second-order valence-electron chi connectivity index (χ2n) is 5.36. The lowest BCUT2D eigenvalue weighted by Crippen LogP contribution is -2.12.